The van der Waals surface area contributed by atoms with Crippen LogP contribution in [0.1, 0.15) is 0 Å². The predicted molar refractivity (Wildman–Crippen MR) is 70.9 cm³/mol. The van der Waals surface area contributed by atoms with Crippen LogP contribution in [0.25, 0.3) is 0 Å². The molecule has 0 unspecified atom stereocenters. The second kappa shape index (κ2) is 361. The normalized spacial score (nSPS) is 0.857. The second-order valence-electron chi connectivity index (χ2n) is 0.250. The maximum absolute atomic E-state index is 8.33. The Morgan fingerprint density at radius 1 is 0.321 bits per heavy atom. The summed E-state index contributed by atoms with van der Waals surface area (Å²) in [6, 6.07) is 0. The summed E-state index contributed by atoms with van der Waals surface area (Å²) in [5.41, 5.74) is 0. The van der Waals surface area contributed by atoms with Crippen LogP contribution in [0, 0.1) is 0 Å². The van der Waals surface area contributed by atoms with Crippen molar-refractivity contribution in [2.45, 2.75) is 0 Å². The molecule has 19 nitrogen and oxygen atoms in total. The van der Waals surface area contributed by atoms with Gasteiger partial charge in [0.15, 0.2) is 0 Å². The monoisotopic (exact) mass is 684 g/mol. The minimum atomic E-state index is -2.33. The number of carbonyl (C=O) groups excluding carboxylic acids is 1. The largest absolute Gasteiger partial charge is 3.00 e. The van der Waals surface area contributed by atoms with Crippen molar-refractivity contribution >= 4 is 233 Å². The van der Waals surface area contributed by atoms with Gasteiger partial charge in [0.05, 0.1) is 0 Å². The van der Waals surface area contributed by atoms with Gasteiger partial charge in [-0.05, 0) is 6.16 Å². The van der Waals surface area contributed by atoms with Crippen LogP contribution in [-0.2, 0) is 34.1 Å². The molecule has 0 rings (SSSR count). The van der Waals surface area contributed by atoms with Crippen molar-refractivity contribution in [3.05, 3.63) is 0 Å². The van der Waals surface area contributed by atoms with Crippen molar-refractivity contribution in [2.24, 2.45) is 0 Å². The molecule has 27 heteroatoms. The van der Waals surface area contributed by atoms with Gasteiger partial charge in [-0.15, -0.1) is 0 Å². The molecule has 0 amide bonds. The summed E-state index contributed by atoms with van der Waals surface area (Å²) in [7, 11) is 0. The predicted octanol–water partition coefficient (Wildman–Crippen LogP) is -7.57. The van der Waals surface area contributed by atoms with Crippen LogP contribution < -0.4 is 10.2 Å². The van der Waals surface area contributed by atoms with E-state index in [0.717, 1.165) is 0 Å². The Bertz CT molecular complexity index is 59.4. The van der Waals surface area contributed by atoms with Gasteiger partial charge in [-0.1, -0.05) is 0 Å². The van der Waals surface area contributed by atoms with Gasteiger partial charge in [-0.25, -0.2) is 0 Å². The molecule has 0 bridgehead atoms. The van der Waals surface area contributed by atoms with Crippen molar-refractivity contribution in [1.29, 1.82) is 0 Å². The van der Waals surface area contributed by atoms with Crippen LogP contribution in [0.15, 0.2) is 0 Å². The summed E-state index contributed by atoms with van der Waals surface area (Å²) in [4.78, 5) is 8.33. The number of rotatable bonds is 0. The van der Waals surface area contributed by atoms with Gasteiger partial charge in [0.25, 0.3) is 0 Å². The molecule has 162 valence electrons. The van der Waals surface area contributed by atoms with E-state index in [4.69, 9.17) is 15.0 Å². The maximum Gasteiger partial charge on any atom is 3.00 e. The summed E-state index contributed by atoms with van der Waals surface area (Å²) in [5.74, 6) is 0. The average Bonchev–Trinajstić information content (AvgIpc) is 0.811. The fraction of sp³-hybridized carbons (Fsp3) is 0. The third-order valence-electron chi connectivity index (χ3n) is 0. The van der Waals surface area contributed by atoms with E-state index >= 15 is 0 Å². The molecule has 0 aliphatic carbocycles. The third-order valence-corrected chi connectivity index (χ3v) is 0. The zero-order valence-corrected chi connectivity index (χ0v) is 29.3. The molecule has 0 aliphatic rings. The molecule has 0 aromatic carbocycles. The molecular weight excluding hydrogens is 668 g/mol. The van der Waals surface area contributed by atoms with E-state index in [9.17, 15) is 0 Å². The van der Waals surface area contributed by atoms with Crippen LogP contribution in [0.3, 0.4) is 0 Å². The molecule has 0 spiro atoms. The van der Waals surface area contributed by atoms with Gasteiger partial charge >= 0.3 is 261 Å². The molecule has 0 aromatic heterocycles. The minimum Gasteiger partial charge on any atom is -0.870 e. The molecule has 0 aliphatic heterocycles. The van der Waals surface area contributed by atoms with Crippen molar-refractivity contribution < 1.29 is 137 Å². The van der Waals surface area contributed by atoms with Gasteiger partial charge in [0.1, 0.15) is 0 Å². The summed E-state index contributed by atoms with van der Waals surface area (Å²) >= 11 is 0. The fourth-order valence-corrected chi connectivity index (χ4v) is 0. The summed E-state index contributed by atoms with van der Waals surface area (Å²) in [5, 5.41) is 16.7. The fourth-order valence-electron chi connectivity index (χ4n) is 0. The van der Waals surface area contributed by atoms with Crippen molar-refractivity contribution in [2.75, 3.05) is 0 Å². The van der Waals surface area contributed by atoms with E-state index in [-0.39, 0.29) is 348 Å². The van der Waals surface area contributed by atoms with Gasteiger partial charge < -0.3 is 103 Å². The van der Waals surface area contributed by atoms with E-state index in [2.05, 4.69) is 0 Å². The zero-order valence-electron chi connectivity index (χ0n) is 13.8. The van der Waals surface area contributed by atoms with Gasteiger partial charge in [0.2, 0.25) is 0 Å². The topological polar surface area (TPSA) is 543 Å². The molecule has 0 heterocycles. The second-order valence-corrected chi connectivity index (χ2v) is 0.250. The van der Waals surface area contributed by atoms with Crippen LogP contribution in [0.5, 0.6) is 0 Å². The Labute approximate surface area is 360 Å². The summed E-state index contributed by atoms with van der Waals surface area (Å²) in [6.07, 6.45) is -2.33. The Morgan fingerprint density at radius 3 is 0.321 bits per heavy atom. The molecule has 16 N–H and O–H groups in total. The molecule has 0 saturated heterocycles. The average molecular weight is 684 g/mol. The van der Waals surface area contributed by atoms with E-state index in [1.807, 2.05) is 0 Å². The van der Waals surface area contributed by atoms with E-state index in [0.29, 0.717) is 0 Å². The van der Waals surface area contributed by atoms with Gasteiger partial charge in [-0.3, -0.25) is 0 Å². The Balaban J connectivity index is -0.000000000163. The first kappa shape index (κ1) is 395. The molecule has 2 radical (unpaired) electrons. The summed E-state index contributed by atoms with van der Waals surface area (Å²) in [6.45, 7) is 0. The van der Waals surface area contributed by atoms with Crippen LogP contribution >= 0.6 is 0 Å². The quantitative estimate of drug-likeness (QED) is 0.214. The van der Waals surface area contributed by atoms with E-state index in [1.165, 1.54) is 0 Å². The van der Waals surface area contributed by atoms with Crippen LogP contribution in [-0.4, -0.2) is 320 Å². The third kappa shape index (κ3) is 661. The number of hydrogen-bond donors (Lipinski definition) is 0. The first-order chi connectivity index (χ1) is 1.73. The molecule has 0 aromatic rings. The van der Waals surface area contributed by atoms with E-state index in [1.54, 1.807) is 0 Å². The van der Waals surface area contributed by atoms with Crippen LogP contribution in [0.4, 0.5) is 4.79 Å². The number of hydrogen-bond acceptors (Lipinski definition) is 19. The first-order valence-corrected chi connectivity index (χ1v) is 0.612. The Hall–Kier alpha value is 7.23. The van der Waals surface area contributed by atoms with Crippen LogP contribution in [0.2, 0.25) is 0 Å². The first-order valence-electron chi connectivity index (χ1n) is 0.612. The Kier molecular flexibility index (Phi) is 5090. The SMILES string of the molecule is O=C([O-])[O-].[Ca+2].[Ca+2].[Ca+2].[Ca+2].[Ca+2].[Ca+2].[Fe+3].[Fe+3].[OH-].[OH-].[OH-].[OH-].[OH-].[OH-].[OH-].[OH-].[OH-].[OH-].[OH-].[OH-].[OH-].[OH-].[OH-].[OH-]. The van der Waals surface area contributed by atoms with Crippen molar-refractivity contribution in [3.8, 4) is 0 Å². The van der Waals surface area contributed by atoms with E-state index < -0.39 is 6.16 Å². The van der Waals surface area contributed by atoms with Crippen molar-refractivity contribution in [3.63, 3.8) is 0 Å². The number of carbonyl (C=O) groups is 1. The smallest absolute Gasteiger partial charge is 0.870 e. The molecule has 0 fully saturated rings. The molecule has 0 saturated carbocycles. The minimum absolute atomic E-state index is 0. The molecule has 28 heavy (non-hydrogen) atoms. The molecular formula is CH16Ca6Fe2O19. The number of carboxylic acid groups (broad SMARTS) is 2. The van der Waals surface area contributed by atoms with Gasteiger partial charge in [-0.2, -0.15) is 0 Å². The summed E-state index contributed by atoms with van der Waals surface area (Å²) < 4.78 is 0. The maximum atomic E-state index is 8.33. The standard InChI is InChI=1S/CH2O3.6Ca.2Fe.16H2O/c2-1(3)4;;;;;;;;;;;;;;;;;;;;;;;;/h(H2,2,3,4);;;;;;;;;16*1H2/q;6*+2;2*+3;;;;;;;;;;;;;;;;/p-18. The zero-order chi connectivity index (χ0) is 3.58. The van der Waals surface area contributed by atoms with Crippen molar-refractivity contribution in [1.82, 2.24) is 0 Å². The van der Waals surface area contributed by atoms with Gasteiger partial charge in [0, 0.05) is 0 Å². The Morgan fingerprint density at radius 2 is 0.321 bits per heavy atom. The molecule has 0 atom stereocenters.